The third-order valence-electron chi connectivity index (χ3n) is 7.37. The molecule has 3 aromatic carbocycles. The van der Waals surface area contributed by atoms with Gasteiger partial charge in [-0.15, -0.1) is 0 Å². The number of nitrogens with one attached hydrogen (secondary N) is 2. The second kappa shape index (κ2) is 14.4. The van der Waals surface area contributed by atoms with E-state index in [1.165, 1.54) is 36.7 Å². The Balaban J connectivity index is 1.35. The maximum Gasteiger partial charge on any atom is 0.264 e. The van der Waals surface area contributed by atoms with Crippen LogP contribution in [-0.4, -0.2) is 54.3 Å². The molecule has 0 saturated heterocycles. The van der Waals surface area contributed by atoms with Crippen molar-refractivity contribution in [1.82, 2.24) is 20.6 Å². The molecule has 46 heavy (non-hydrogen) atoms. The number of Topliss-reactive ketones (excluding diaryl/α,β-unsaturated/α-hetero) is 1. The summed E-state index contributed by atoms with van der Waals surface area (Å²) in [7, 11) is -4.24. The lowest BCUT2D eigenvalue weighted by Gasteiger charge is -2.20. The van der Waals surface area contributed by atoms with Gasteiger partial charge in [0.25, 0.3) is 11.8 Å². The van der Waals surface area contributed by atoms with E-state index in [-0.39, 0.29) is 35.5 Å². The molecule has 232 valence electrons. The Morgan fingerprint density at radius 2 is 1.57 bits per heavy atom. The van der Waals surface area contributed by atoms with Gasteiger partial charge >= 0.3 is 0 Å². The number of fused-ring (bicyclic) bond motifs is 1. The van der Waals surface area contributed by atoms with Crippen LogP contribution in [0.15, 0.2) is 108 Å². The topological polar surface area (TPSA) is 172 Å². The number of rotatable bonds is 13. The predicted octanol–water partition coefficient (Wildman–Crippen LogP) is 3.98. The molecule has 11 nitrogen and oxygen atoms in total. The summed E-state index contributed by atoms with van der Waals surface area (Å²) in [6.07, 6.45) is 2.95. The molecule has 5 rings (SSSR count). The van der Waals surface area contributed by atoms with Crippen LogP contribution >= 0.6 is 0 Å². The summed E-state index contributed by atoms with van der Waals surface area (Å²) >= 11 is 0. The first-order valence-corrected chi connectivity index (χ1v) is 16.1. The van der Waals surface area contributed by atoms with Gasteiger partial charge in [-0.2, -0.15) is 5.26 Å². The number of aromatic nitrogens is 2. The Labute approximate surface area is 265 Å². The average molecular weight is 636 g/mol. The zero-order chi connectivity index (χ0) is 32.5. The lowest BCUT2D eigenvalue weighted by Crippen LogP contribution is -2.48. The molecule has 0 saturated carbocycles. The van der Waals surface area contributed by atoms with Crippen LogP contribution in [0.25, 0.3) is 11.1 Å². The monoisotopic (exact) mass is 635 g/mol. The molecular formula is C34H29N5O6S. The molecule has 2 aromatic heterocycles. The van der Waals surface area contributed by atoms with E-state index < -0.39 is 50.9 Å². The van der Waals surface area contributed by atoms with Crippen molar-refractivity contribution in [3.05, 3.63) is 132 Å². The number of carbonyl (C=O) groups is 3. The third kappa shape index (κ3) is 7.51. The number of hydrogen-bond donors (Lipinski definition) is 2. The number of carbonyl (C=O) groups excluding carboxylic acids is 3. The fourth-order valence-corrected chi connectivity index (χ4v) is 6.59. The minimum absolute atomic E-state index is 0.0660. The lowest BCUT2D eigenvalue weighted by molar-refractivity contribution is -0.120. The lowest BCUT2D eigenvalue weighted by atomic mass is 9.91. The summed E-state index contributed by atoms with van der Waals surface area (Å²) in [5.74, 6) is -3.25. The van der Waals surface area contributed by atoms with Gasteiger partial charge in [-0.1, -0.05) is 60.7 Å². The molecule has 0 aliphatic rings. The quantitative estimate of drug-likeness (QED) is 0.182. The summed E-state index contributed by atoms with van der Waals surface area (Å²) in [5.41, 5.74) is 2.30. The fraction of sp³-hybridized carbons (Fsp3) is 0.176. The number of benzene rings is 3. The highest BCUT2D eigenvalue weighted by Gasteiger charge is 2.34. The van der Waals surface area contributed by atoms with Crippen molar-refractivity contribution >= 4 is 38.5 Å². The van der Waals surface area contributed by atoms with Crippen LogP contribution in [-0.2, 0) is 20.4 Å². The molecule has 0 radical (unpaired) electrons. The van der Waals surface area contributed by atoms with Gasteiger partial charge in [-0.25, -0.2) is 13.4 Å². The first-order chi connectivity index (χ1) is 22.3. The molecule has 0 aliphatic heterocycles. The second-order valence-corrected chi connectivity index (χ2v) is 12.6. The van der Waals surface area contributed by atoms with E-state index in [4.69, 9.17) is 4.42 Å². The van der Waals surface area contributed by atoms with Crippen LogP contribution in [0.5, 0.6) is 0 Å². The van der Waals surface area contributed by atoms with Crippen LogP contribution in [0.1, 0.15) is 50.1 Å². The molecule has 12 heteroatoms. The standard InChI is InChI=1S/C34H29N5O6S/c35-20-25-10-4-5-11-26(25)22-46(43,44)30(21-38-32(41)24-14-17-36-18-15-24)33(42)37-19-16-27(23-8-2-1-3-9-23)31(40)34-39-28-12-6-7-13-29(28)45-34/h1-15,17-18,27,30H,16,19,21-22H2,(H,37,42)(H,38,41). The van der Waals surface area contributed by atoms with Crippen LogP contribution < -0.4 is 10.6 Å². The Morgan fingerprint density at radius 1 is 0.870 bits per heavy atom. The Kier molecular flexibility index (Phi) is 9.94. The zero-order valence-electron chi connectivity index (χ0n) is 24.5. The van der Waals surface area contributed by atoms with E-state index in [1.807, 2.05) is 12.1 Å². The van der Waals surface area contributed by atoms with Gasteiger partial charge in [0.2, 0.25) is 11.7 Å². The van der Waals surface area contributed by atoms with E-state index in [2.05, 4.69) is 20.6 Å². The van der Waals surface area contributed by atoms with Crippen molar-refractivity contribution < 1.29 is 27.2 Å². The molecule has 0 fully saturated rings. The zero-order valence-corrected chi connectivity index (χ0v) is 25.3. The number of nitrogens with zero attached hydrogens (tertiary/aromatic N) is 3. The molecule has 2 N–H and O–H groups in total. The van der Waals surface area contributed by atoms with Crippen molar-refractivity contribution in [2.45, 2.75) is 23.3 Å². The van der Waals surface area contributed by atoms with Crippen LogP contribution in [0.2, 0.25) is 0 Å². The number of pyridine rings is 1. The third-order valence-corrected chi connectivity index (χ3v) is 9.33. The van der Waals surface area contributed by atoms with E-state index in [1.54, 1.807) is 60.7 Å². The summed E-state index contributed by atoms with van der Waals surface area (Å²) in [6, 6.07) is 27.0. The maximum absolute atomic E-state index is 13.6. The van der Waals surface area contributed by atoms with Gasteiger partial charge in [0.05, 0.1) is 23.3 Å². The van der Waals surface area contributed by atoms with Crippen molar-refractivity contribution in [2.24, 2.45) is 0 Å². The normalized spacial score (nSPS) is 12.5. The first kappa shape index (κ1) is 31.7. The summed E-state index contributed by atoms with van der Waals surface area (Å²) in [4.78, 5) is 48.1. The molecule has 2 heterocycles. The minimum atomic E-state index is -4.24. The highest BCUT2D eigenvalue weighted by atomic mass is 32.2. The minimum Gasteiger partial charge on any atom is -0.434 e. The fourth-order valence-electron chi connectivity index (χ4n) is 4.96. The molecular weight excluding hydrogens is 606 g/mol. The molecule has 2 amide bonds. The first-order valence-electron chi connectivity index (χ1n) is 14.4. The number of sulfone groups is 1. The molecule has 5 aromatic rings. The van der Waals surface area contributed by atoms with Gasteiger partial charge < -0.3 is 15.1 Å². The highest BCUT2D eigenvalue weighted by Crippen LogP contribution is 2.26. The number of para-hydroxylation sites is 2. The van der Waals surface area contributed by atoms with Crippen LogP contribution in [0.4, 0.5) is 0 Å². The average Bonchev–Trinajstić information content (AvgIpc) is 3.52. The smallest absolute Gasteiger partial charge is 0.264 e. The van der Waals surface area contributed by atoms with E-state index in [0.717, 1.165) is 0 Å². The van der Waals surface area contributed by atoms with E-state index in [0.29, 0.717) is 16.7 Å². The Morgan fingerprint density at radius 3 is 2.30 bits per heavy atom. The second-order valence-electron chi connectivity index (χ2n) is 10.4. The molecule has 0 spiro atoms. The Bertz CT molecular complexity index is 1970. The van der Waals surface area contributed by atoms with Crippen LogP contribution in [0, 0.1) is 11.3 Å². The summed E-state index contributed by atoms with van der Waals surface area (Å²) in [5, 5.41) is 13.0. The highest BCUT2D eigenvalue weighted by molar-refractivity contribution is 7.92. The van der Waals surface area contributed by atoms with E-state index >= 15 is 0 Å². The van der Waals surface area contributed by atoms with Gasteiger partial charge in [-0.05, 0) is 47.9 Å². The van der Waals surface area contributed by atoms with Crippen molar-refractivity contribution in [1.29, 1.82) is 5.26 Å². The number of ketones is 1. The van der Waals surface area contributed by atoms with Gasteiger partial charge in [0.15, 0.2) is 20.7 Å². The van der Waals surface area contributed by atoms with Gasteiger partial charge in [0.1, 0.15) is 5.52 Å². The van der Waals surface area contributed by atoms with Crippen molar-refractivity contribution in [2.75, 3.05) is 13.1 Å². The Hall–Kier alpha value is -5.67. The van der Waals surface area contributed by atoms with Crippen molar-refractivity contribution in [3.63, 3.8) is 0 Å². The molecule has 2 unspecified atom stereocenters. The summed E-state index contributed by atoms with van der Waals surface area (Å²) < 4.78 is 33.0. The van der Waals surface area contributed by atoms with Gasteiger partial charge in [-0.3, -0.25) is 19.4 Å². The molecule has 0 aliphatic carbocycles. The maximum atomic E-state index is 13.6. The number of nitriles is 1. The van der Waals surface area contributed by atoms with E-state index in [9.17, 15) is 28.1 Å². The van der Waals surface area contributed by atoms with Crippen molar-refractivity contribution in [3.8, 4) is 6.07 Å². The number of oxazole rings is 1. The molecule has 2 atom stereocenters. The largest absolute Gasteiger partial charge is 0.434 e. The SMILES string of the molecule is N#Cc1ccccc1CS(=O)(=O)C(CNC(=O)c1ccncc1)C(=O)NCCC(C(=O)c1nc2ccccc2o1)c1ccccc1. The van der Waals surface area contributed by atoms with Crippen LogP contribution in [0.3, 0.4) is 0 Å². The number of amides is 2. The predicted molar refractivity (Wildman–Crippen MR) is 169 cm³/mol. The number of hydrogen-bond acceptors (Lipinski definition) is 9. The van der Waals surface area contributed by atoms with Gasteiger partial charge in [0, 0.05) is 31.0 Å². The summed E-state index contributed by atoms with van der Waals surface area (Å²) in [6.45, 7) is -0.586. The molecule has 0 bridgehead atoms.